The number of nitrogens with one attached hydrogen (secondary N) is 1. The van der Waals surface area contributed by atoms with Gasteiger partial charge in [-0.2, -0.15) is 16.1 Å². The van der Waals surface area contributed by atoms with E-state index in [1.165, 1.54) is 10.4 Å². The zero-order valence-electron chi connectivity index (χ0n) is 17.4. The van der Waals surface area contributed by atoms with Gasteiger partial charge in [-0.3, -0.25) is 4.79 Å². The van der Waals surface area contributed by atoms with Crippen molar-refractivity contribution in [1.82, 2.24) is 4.31 Å². The first-order valence-electron chi connectivity index (χ1n) is 10.1. The summed E-state index contributed by atoms with van der Waals surface area (Å²) in [6, 6.07) is 12.2. The molecule has 1 saturated heterocycles. The minimum atomic E-state index is -3.61. The fourth-order valence-electron chi connectivity index (χ4n) is 3.32. The standard InChI is InChI=1S/C22H28N2O4S2/c1-17-7-6-8-18(15-17)28-21-10-9-19(16-20(21)23-22(25)11-14-29-2)30(26,27)24-12-4-3-5-13-24/h6-10,15-16H,3-5,11-14H2,1-2H3,(H,23,25). The van der Waals surface area contributed by atoms with Crippen molar-refractivity contribution < 1.29 is 17.9 Å². The van der Waals surface area contributed by atoms with Gasteiger partial charge in [-0.25, -0.2) is 8.42 Å². The van der Waals surface area contributed by atoms with Crippen LogP contribution in [-0.4, -0.2) is 43.7 Å². The summed E-state index contributed by atoms with van der Waals surface area (Å²) in [5, 5.41) is 2.84. The maximum Gasteiger partial charge on any atom is 0.243 e. The van der Waals surface area contributed by atoms with Crippen LogP contribution in [-0.2, 0) is 14.8 Å². The van der Waals surface area contributed by atoms with E-state index in [0.717, 1.165) is 24.8 Å². The topological polar surface area (TPSA) is 75.7 Å². The SMILES string of the molecule is CSCCC(=O)Nc1cc(S(=O)(=O)N2CCCCC2)ccc1Oc1cccc(C)c1. The monoisotopic (exact) mass is 448 g/mol. The first kappa shape index (κ1) is 22.7. The molecular weight excluding hydrogens is 420 g/mol. The van der Waals surface area contributed by atoms with E-state index in [1.807, 2.05) is 37.4 Å². The van der Waals surface area contributed by atoms with Gasteiger partial charge in [0.15, 0.2) is 5.75 Å². The van der Waals surface area contributed by atoms with E-state index in [9.17, 15) is 13.2 Å². The Hall–Kier alpha value is -2.03. The van der Waals surface area contributed by atoms with Crippen molar-refractivity contribution in [2.45, 2.75) is 37.5 Å². The molecule has 0 unspecified atom stereocenters. The van der Waals surface area contributed by atoms with Gasteiger partial charge in [0.25, 0.3) is 0 Å². The highest BCUT2D eigenvalue weighted by Gasteiger charge is 2.27. The van der Waals surface area contributed by atoms with Crippen molar-refractivity contribution in [3.8, 4) is 11.5 Å². The zero-order chi connectivity index (χ0) is 21.6. The van der Waals surface area contributed by atoms with E-state index in [4.69, 9.17) is 4.74 Å². The summed E-state index contributed by atoms with van der Waals surface area (Å²) in [7, 11) is -3.61. The number of carbonyl (C=O) groups is 1. The van der Waals surface area contributed by atoms with E-state index in [-0.39, 0.29) is 10.8 Å². The molecule has 8 heteroatoms. The predicted octanol–water partition coefficient (Wildman–Crippen LogP) is 4.65. The van der Waals surface area contributed by atoms with Crippen LogP contribution in [0.15, 0.2) is 47.4 Å². The first-order valence-corrected chi connectivity index (χ1v) is 12.9. The second kappa shape index (κ2) is 10.3. The second-order valence-electron chi connectivity index (χ2n) is 7.33. The molecule has 0 spiro atoms. The van der Waals surface area contributed by atoms with Crippen molar-refractivity contribution in [3.05, 3.63) is 48.0 Å². The van der Waals surface area contributed by atoms with Crippen LogP contribution in [0.25, 0.3) is 0 Å². The number of rotatable bonds is 8. The van der Waals surface area contributed by atoms with Gasteiger partial charge in [0.2, 0.25) is 15.9 Å². The maximum absolute atomic E-state index is 13.1. The summed E-state index contributed by atoms with van der Waals surface area (Å²) < 4.78 is 33.7. The van der Waals surface area contributed by atoms with E-state index < -0.39 is 10.0 Å². The van der Waals surface area contributed by atoms with E-state index >= 15 is 0 Å². The van der Waals surface area contributed by atoms with Gasteiger partial charge in [0.05, 0.1) is 10.6 Å². The van der Waals surface area contributed by atoms with Crippen LogP contribution in [0.3, 0.4) is 0 Å². The third-order valence-corrected chi connectivity index (χ3v) is 7.44. The molecule has 30 heavy (non-hydrogen) atoms. The molecule has 1 aliphatic heterocycles. The van der Waals surface area contributed by atoms with Crippen molar-refractivity contribution in [3.63, 3.8) is 0 Å². The van der Waals surface area contributed by atoms with Crippen LogP contribution in [0, 0.1) is 6.92 Å². The number of benzene rings is 2. The van der Waals surface area contributed by atoms with Crippen molar-refractivity contribution in [2.24, 2.45) is 0 Å². The Morgan fingerprint density at radius 2 is 1.90 bits per heavy atom. The number of carbonyl (C=O) groups excluding carboxylic acids is 1. The number of sulfonamides is 1. The second-order valence-corrected chi connectivity index (χ2v) is 10.3. The molecule has 0 atom stereocenters. The normalized spacial score (nSPS) is 15.0. The minimum Gasteiger partial charge on any atom is -0.455 e. The minimum absolute atomic E-state index is 0.168. The number of anilines is 1. The van der Waals surface area contributed by atoms with Gasteiger partial charge in [-0.1, -0.05) is 18.6 Å². The smallest absolute Gasteiger partial charge is 0.243 e. The summed E-state index contributed by atoms with van der Waals surface area (Å²) >= 11 is 1.58. The van der Waals surface area contributed by atoms with Gasteiger partial charge >= 0.3 is 0 Å². The van der Waals surface area contributed by atoms with E-state index in [1.54, 1.807) is 23.9 Å². The molecule has 1 aliphatic rings. The molecule has 6 nitrogen and oxygen atoms in total. The molecule has 2 aromatic rings. The summed E-state index contributed by atoms with van der Waals surface area (Å²) in [6.45, 7) is 3.02. The van der Waals surface area contributed by atoms with Crippen LogP contribution in [0.2, 0.25) is 0 Å². The van der Waals surface area contributed by atoms with Crippen molar-refractivity contribution in [1.29, 1.82) is 0 Å². The molecule has 0 bridgehead atoms. The molecular formula is C22H28N2O4S2. The van der Waals surface area contributed by atoms with Gasteiger partial charge in [-0.05, 0) is 61.9 Å². The molecule has 162 valence electrons. The molecule has 3 rings (SSSR count). The van der Waals surface area contributed by atoms with Crippen LogP contribution >= 0.6 is 11.8 Å². The number of thioether (sulfide) groups is 1. The summed E-state index contributed by atoms with van der Waals surface area (Å²) in [4.78, 5) is 12.5. The Morgan fingerprint density at radius 3 is 2.60 bits per heavy atom. The lowest BCUT2D eigenvalue weighted by Gasteiger charge is -2.26. The van der Waals surface area contributed by atoms with Gasteiger partial charge < -0.3 is 10.1 Å². The lowest BCUT2D eigenvalue weighted by atomic mass is 10.2. The number of hydrogen-bond donors (Lipinski definition) is 1. The van der Waals surface area contributed by atoms with E-state index in [2.05, 4.69) is 5.32 Å². The third kappa shape index (κ3) is 5.77. The summed E-state index contributed by atoms with van der Waals surface area (Å²) in [6.07, 6.45) is 5.06. The van der Waals surface area contributed by atoms with Crippen LogP contribution in [0.1, 0.15) is 31.2 Å². The maximum atomic E-state index is 13.1. The van der Waals surface area contributed by atoms with Crippen molar-refractivity contribution in [2.75, 3.05) is 30.4 Å². The largest absolute Gasteiger partial charge is 0.455 e. The fraction of sp³-hybridized carbons (Fsp3) is 0.409. The number of piperidine rings is 1. The number of ether oxygens (including phenoxy) is 1. The highest BCUT2D eigenvalue weighted by Crippen LogP contribution is 2.33. The molecule has 0 aliphatic carbocycles. The Morgan fingerprint density at radius 1 is 1.13 bits per heavy atom. The molecule has 1 N–H and O–H groups in total. The Kier molecular flexibility index (Phi) is 7.80. The summed E-state index contributed by atoms with van der Waals surface area (Å²) in [5.74, 6) is 1.55. The van der Waals surface area contributed by atoms with Crippen molar-refractivity contribution >= 4 is 33.4 Å². The lowest BCUT2D eigenvalue weighted by Crippen LogP contribution is -2.35. The Balaban J connectivity index is 1.92. The van der Waals surface area contributed by atoms with Crippen LogP contribution < -0.4 is 10.1 Å². The molecule has 0 saturated carbocycles. The lowest BCUT2D eigenvalue weighted by molar-refractivity contribution is -0.115. The van der Waals surface area contributed by atoms with E-state index in [0.29, 0.717) is 42.4 Å². The van der Waals surface area contributed by atoms with Gasteiger partial charge in [-0.15, -0.1) is 0 Å². The third-order valence-electron chi connectivity index (χ3n) is 4.93. The fourth-order valence-corrected chi connectivity index (χ4v) is 5.26. The zero-order valence-corrected chi connectivity index (χ0v) is 19.0. The van der Waals surface area contributed by atoms with Crippen LogP contribution in [0.5, 0.6) is 11.5 Å². The molecule has 1 amide bonds. The number of hydrogen-bond acceptors (Lipinski definition) is 5. The summed E-state index contributed by atoms with van der Waals surface area (Å²) in [5.41, 5.74) is 1.41. The Labute approximate surface area is 183 Å². The Bertz CT molecular complexity index is 986. The molecule has 0 radical (unpaired) electrons. The molecule has 1 heterocycles. The van der Waals surface area contributed by atoms with Gasteiger partial charge in [0.1, 0.15) is 5.75 Å². The number of aryl methyl sites for hydroxylation is 1. The highest BCUT2D eigenvalue weighted by molar-refractivity contribution is 7.98. The quantitative estimate of drug-likeness (QED) is 0.636. The first-order chi connectivity index (χ1) is 14.4. The molecule has 0 aromatic heterocycles. The molecule has 2 aromatic carbocycles. The number of amides is 1. The van der Waals surface area contributed by atoms with Crippen LogP contribution in [0.4, 0.5) is 5.69 Å². The average molecular weight is 449 g/mol. The average Bonchev–Trinajstić information content (AvgIpc) is 2.74. The van der Waals surface area contributed by atoms with Gasteiger partial charge in [0, 0.05) is 25.3 Å². The highest BCUT2D eigenvalue weighted by atomic mass is 32.2. The number of nitrogens with zero attached hydrogens (tertiary/aromatic N) is 1. The predicted molar refractivity (Wildman–Crippen MR) is 122 cm³/mol. The molecule has 1 fully saturated rings.